The lowest BCUT2D eigenvalue weighted by Crippen LogP contribution is -2.40. The molecule has 0 saturated carbocycles. The minimum absolute atomic E-state index is 0.279. The lowest BCUT2D eigenvalue weighted by Gasteiger charge is -2.32. The molecule has 0 spiro atoms. The molecule has 0 rings (SSSR count). The van der Waals surface area contributed by atoms with E-state index in [0.717, 1.165) is 32.6 Å². The van der Waals surface area contributed by atoms with Crippen LogP contribution in [-0.2, 0) is 0 Å². The molecule has 0 aromatic carbocycles. The maximum Gasteiger partial charge on any atom is 0.0106 e. The van der Waals surface area contributed by atoms with Crippen LogP contribution in [0.25, 0.3) is 0 Å². The molecule has 0 fully saturated rings. The highest BCUT2D eigenvalue weighted by molar-refractivity contribution is 4.77. The van der Waals surface area contributed by atoms with Crippen LogP contribution in [0, 0.1) is 5.41 Å². The monoisotopic (exact) mass is 201 g/mol. The van der Waals surface area contributed by atoms with Gasteiger partial charge in [-0.25, -0.2) is 0 Å². The summed E-state index contributed by atoms with van der Waals surface area (Å²) in [6, 6.07) is 0. The maximum absolute atomic E-state index is 5.78. The van der Waals surface area contributed by atoms with Gasteiger partial charge in [0.15, 0.2) is 0 Å². The average molecular weight is 201 g/mol. The van der Waals surface area contributed by atoms with Crippen LogP contribution in [0.2, 0.25) is 0 Å². The largest absolute Gasteiger partial charge is 0.330 e. The van der Waals surface area contributed by atoms with E-state index in [4.69, 9.17) is 5.73 Å². The lowest BCUT2D eigenvalue weighted by molar-refractivity contribution is 0.180. The second-order valence-electron chi connectivity index (χ2n) is 4.91. The molecular weight excluding hydrogens is 174 g/mol. The van der Waals surface area contributed by atoms with Crippen LogP contribution in [0.4, 0.5) is 0 Å². The summed E-state index contributed by atoms with van der Waals surface area (Å²) in [5.41, 5.74) is 6.06. The maximum atomic E-state index is 5.78. The van der Waals surface area contributed by atoms with Crippen molar-refractivity contribution in [3.8, 4) is 0 Å². The molecule has 0 aliphatic rings. The van der Waals surface area contributed by atoms with Gasteiger partial charge >= 0.3 is 0 Å². The number of nitrogens with two attached hydrogens (primary N) is 1. The van der Waals surface area contributed by atoms with Gasteiger partial charge in [0.25, 0.3) is 0 Å². The van der Waals surface area contributed by atoms with Crippen molar-refractivity contribution < 1.29 is 0 Å². The van der Waals surface area contributed by atoms with Crippen molar-refractivity contribution in [3.63, 3.8) is 0 Å². The van der Waals surface area contributed by atoms with Crippen molar-refractivity contribution in [2.75, 3.05) is 47.3 Å². The Labute approximate surface area is 89.2 Å². The highest BCUT2D eigenvalue weighted by Crippen LogP contribution is 2.19. The zero-order valence-electron chi connectivity index (χ0n) is 10.5. The molecule has 3 nitrogen and oxygen atoms in total. The van der Waals surface area contributed by atoms with Gasteiger partial charge in [-0.3, -0.25) is 0 Å². The summed E-state index contributed by atoms with van der Waals surface area (Å²) < 4.78 is 0. The van der Waals surface area contributed by atoms with E-state index in [1.54, 1.807) is 0 Å². The Balaban J connectivity index is 3.85. The van der Waals surface area contributed by atoms with E-state index in [0.29, 0.717) is 0 Å². The van der Waals surface area contributed by atoms with E-state index < -0.39 is 0 Å². The third-order valence-electron chi connectivity index (χ3n) is 2.93. The van der Waals surface area contributed by atoms with Crippen molar-refractivity contribution in [3.05, 3.63) is 0 Å². The molecule has 1 unspecified atom stereocenters. The molecule has 0 aliphatic carbocycles. The van der Waals surface area contributed by atoms with Gasteiger partial charge in [-0.2, -0.15) is 0 Å². The average Bonchev–Trinajstić information content (AvgIpc) is 2.14. The first-order chi connectivity index (χ1) is 6.43. The molecule has 86 valence electrons. The lowest BCUT2D eigenvalue weighted by atomic mass is 9.87. The SMILES string of the molecule is CCC(C)(CN)CN(C)CCN(C)C. The topological polar surface area (TPSA) is 32.5 Å². The minimum Gasteiger partial charge on any atom is -0.330 e. The first-order valence-electron chi connectivity index (χ1n) is 5.47. The Bertz CT molecular complexity index is 141. The first-order valence-corrected chi connectivity index (χ1v) is 5.47. The van der Waals surface area contributed by atoms with E-state index in [-0.39, 0.29) is 5.41 Å². The van der Waals surface area contributed by atoms with E-state index in [2.05, 4.69) is 44.8 Å². The molecule has 14 heavy (non-hydrogen) atoms. The van der Waals surface area contributed by atoms with Crippen molar-refractivity contribution in [1.82, 2.24) is 9.80 Å². The first kappa shape index (κ1) is 13.9. The predicted molar refractivity (Wildman–Crippen MR) is 63.5 cm³/mol. The van der Waals surface area contributed by atoms with E-state index >= 15 is 0 Å². The third-order valence-corrected chi connectivity index (χ3v) is 2.93. The standard InChI is InChI=1S/C11H27N3/c1-6-11(2,9-12)10-14(5)8-7-13(3)4/h6-10,12H2,1-5H3. The molecule has 0 radical (unpaired) electrons. The summed E-state index contributed by atoms with van der Waals surface area (Å²) in [6.07, 6.45) is 1.15. The second-order valence-corrected chi connectivity index (χ2v) is 4.91. The van der Waals surface area contributed by atoms with Gasteiger partial charge in [0, 0.05) is 19.6 Å². The summed E-state index contributed by atoms with van der Waals surface area (Å²) in [7, 11) is 6.39. The van der Waals surface area contributed by atoms with E-state index in [1.165, 1.54) is 0 Å². The Kier molecular flexibility index (Phi) is 6.33. The molecule has 0 bridgehead atoms. The van der Waals surface area contributed by atoms with E-state index in [9.17, 15) is 0 Å². The van der Waals surface area contributed by atoms with Crippen molar-refractivity contribution >= 4 is 0 Å². The summed E-state index contributed by atoms with van der Waals surface area (Å²) >= 11 is 0. The van der Waals surface area contributed by atoms with Crippen LogP contribution in [-0.4, -0.2) is 57.1 Å². The van der Waals surface area contributed by atoms with Crippen LogP contribution < -0.4 is 5.73 Å². The Morgan fingerprint density at radius 1 is 1.14 bits per heavy atom. The van der Waals surface area contributed by atoms with Crippen LogP contribution >= 0.6 is 0 Å². The van der Waals surface area contributed by atoms with E-state index in [1.807, 2.05) is 0 Å². The Hall–Kier alpha value is -0.120. The summed E-state index contributed by atoms with van der Waals surface area (Å²) in [5.74, 6) is 0. The number of hydrogen-bond donors (Lipinski definition) is 1. The predicted octanol–water partition coefficient (Wildman–Crippen LogP) is 0.855. The molecule has 0 saturated heterocycles. The summed E-state index contributed by atoms with van der Waals surface area (Å²) in [5, 5.41) is 0. The number of rotatable bonds is 7. The second kappa shape index (κ2) is 6.38. The van der Waals surface area contributed by atoms with Crippen LogP contribution in [0.1, 0.15) is 20.3 Å². The quantitative estimate of drug-likeness (QED) is 0.663. The number of hydrogen-bond acceptors (Lipinski definition) is 3. The van der Waals surface area contributed by atoms with Gasteiger partial charge < -0.3 is 15.5 Å². The highest BCUT2D eigenvalue weighted by atomic mass is 15.2. The molecule has 2 N–H and O–H groups in total. The molecule has 0 amide bonds. The summed E-state index contributed by atoms with van der Waals surface area (Å²) in [6.45, 7) is 8.57. The van der Waals surface area contributed by atoms with Crippen LogP contribution in [0.3, 0.4) is 0 Å². The Morgan fingerprint density at radius 3 is 2.07 bits per heavy atom. The molecule has 1 atom stereocenters. The fraction of sp³-hybridized carbons (Fsp3) is 1.00. The fourth-order valence-electron chi connectivity index (χ4n) is 1.42. The van der Waals surface area contributed by atoms with Crippen molar-refractivity contribution in [2.24, 2.45) is 11.1 Å². The summed E-state index contributed by atoms with van der Waals surface area (Å²) in [4.78, 5) is 4.58. The molecule has 0 aromatic rings. The van der Waals surface area contributed by atoms with Crippen LogP contribution in [0.15, 0.2) is 0 Å². The van der Waals surface area contributed by atoms with Gasteiger partial charge in [-0.05, 0) is 39.5 Å². The Morgan fingerprint density at radius 2 is 1.71 bits per heavy atom. The molecule has 0 aromatic heterocycles. The van der Waals surface area contributed by atoms with Crippen molar-refractivity contribution in [1.29, 1.82) is 0 Å². The molecule has 0 heterocycles. The van der Waals surface area contributed by atoms with Gasteiger partial charge in [0.2, 0.25) is 0 Å². The zero-order valence-corrected chi connectivity index (χ0v) is 10.5. The number of likely N-dealkylation sites (N-methyl/N-ethyl adjacent to an activating group) is 2. The van der Waals surface area contributed by atoms with Crippen molar-refractivity contribution in [2.45, 2.75) is 20.3 Å². The van der Waals surface area contributed by atoms with Gasteiger partial charge in [0.05, 0.1) is 0 Å². The van der Waals surface area contributed by atoms with Gasteiger partial charge in [0.1, 0.15) is 0 Å². The van der Waals surface area contributed by atoms with Gasteiger partial charge in [-0.1, -0.05) is 13.8 Å². The number of nitrogens with zero attached hydrogens (tertiary/aromatic N) is 2. The minimum atomic E-state index is 0.279. The smallest absolute Gasteiger partial charge is 0.0106 e. The van der Waals surface area contributed by atoms with Gasteiger partial charge in [-0.15, -0.1) is 0 Å². The zero-order chi connectivity index (χ0) is 11.2. The molecule has 3 heteroatoms. The fourth-order valence-corrected chi connectivity index (χ4v) is 1.42. The van der Waals surface area contributed by atoms with Crippen LogP contribution in [0.5, 0.6) is 0 Å². The molecular formula is C11H27N3. The third kappa shape index (κ3) is 5.58. The molecule has 0 aliphatic heterocycles. The highest BCUT2D eigenvalue weighted by Gasteiger charge is 2.21. The normalized spacial score (nSPS) is 16.3.